The number of benzene rings is 1. The molecule has 2 unspecified atom stereocenters. The van der Waals surface area contributed by atoms with Crippen molar-refractivity contribution in [1.29, 1.82) is 0 Å². The van der Waals surface area contributed by atoms with E-state index in [1.807, 2.05) is 0 Å². The first-order valence-electron chi connectivity index (χ1n) is 6.99. The normalized spacial score (nSPS) is 21.3. The Bertz CT molecular complexity index is 499. The van der Waals surface area contributed by atoms with Gasteiger partial charge in [-0.15, -0.1) is 0 Å². The molecule has 1 fully saturated rings. The zero-order chi connectivity index (χ0) is 15.4. The summed E-state index contributed by atoms with van der Waals surface area (Å²) in [7, 11) is 1.47. The predicted octanol–water partition coefficient (Wildman–Crippen LogP) is 3.14. The number of hydrogen-bond donors (Lipinski definition) is 2. The van der Waals surface area contributed by atoms with Gasteiger partial charge in [-0.05, 0) is 36.8 Å². The van der Waals surface area contributed by atoms with E-state index in [9.17, 15) is 9.90 Å². The van der Waals surface area contributed by atoms with Crippen LogP contribution in [0, 0.1) is 11.8 Å². The molecule has 0 heterocycles. The van der Waals surface area contributed by atoms with Gasteiger partial charge in [0.15, 0.2) is 5.75 Å². The second-order valence-electron chi connectivity index (χ2n) is 5.32. The fraction of sp³-hybridized carbons (Fsp3) is 0.533. The molecular formula is C15H19Cl2NO3. The van der Waals surface area contributed by atoms with E-state index in [2.05, 4.69) is 5.32 Å². The van der Waals surface area contributed by atoms with E-state index in [0.717, 1.165) is 19.3 Å². The number of ether oxygens (including phenoxy) is 1. The third kappa shape index (κ3) is 3.82. The van der Waals surface area contributed by atoms with Gasteiger partial charge in [0.05, 0.1) is 17.2 Å². The van der Waals surface area contributed by atoms with Crippen LogP contribution >= 0.6 is 23.2 Å². The number of hydrogen-bond acceptors (Lipinski definition) is 3. The minimum Gasteiger partial charge on any atom is -0.494 e. The van der Waals surface area contributed by atoms with Crippen LogP contribution in [0.5, 0.6) is 5.75 Å². The van der Waals surface area contributed by atoms with Gasteiger partial charge in [0.1, 0.15) is 0 Å². The Morgan fingerprint density at radius 2 is 1.95 bits per heavy atom. The molecule has 2 rings (SSSR count). The highest BCUT2D eigenvalue weighted by atomic mass is 35.5. The summed E-state index contributed by atoms with van der Waals surface area (Å²) in [6.45, 7) is 0.742. The number of methoxy groups -OCH3 is 1. The average Bonchev–Trinajstić information content (AvgIpc) is 2.91. The molecule has 0 spiro atoms. The third-order valence-corrected chi connectivity index (χ3v) is 4.60. The summed E-state index contributed by atoms with van der Waals surface area (Å²) >= 11 is 12.1. The van der Waals surface area contributed by atoms with E-state index in [4.69, 9.17) is 27.9 Å². The first kappa shape index (κ1) is 16.4. The highest BCUT2D eigenvalue weighted by Gasteiger charge is 2.27. The molecule has 0 bridgehead atoms. The minimum absolute atomic E-state index is 0.181. The SMILES string of the molecule is COc1c(Cl)cc(C(=O)NCC2CCCC2CO)cc1Cl. The van der Waals surface area contributed by atoms with Gasteiger partial charge in [-0.1, -0.05) is 29.6 Å². The summed E-state index contributed by atoms with van der Waals surface area (Å²) in [6, 6.07) is 3.08. The molecule has 1 aliphatic rings. The Balaban J connectivity index is 2.00. The molecule has 0 aliphatic heterocycles. The summed E-state index contributed by atoms with van der Waals surface area (Å²) in [5.74, 6) is 0.771. The lowest BCUT2D eigenvalue weighted by atomic mass is 9.97. The third-order valence-electron chi connectivity index (χ3n) is 4.04. The second kappa shape index (κ2) is 7.34. The Morgan fingerprint density at radius 1 is 1.33 bits per heavy atom. The molecule has 1 amide bonds. The van der Waals surface area contributed by atoms with Crippen molar-refractivity contribution in [3.05, 3.63) is 27.7 Å². The number of nitrogens with one attached hydrogen (secondary N) is 1. The fourth-order valence-electron chi connectivity index (χ4n) is 2.83. The molecule has 116 valence electrons. The number of halogens is 2. The highest BCUT2D eigenvalue weighted by molar-refractivity contribution is 6.37. The molecule has 1 aromatic carbocycles. The highest BCUT2D eigenvalue weighted by Crippen LogP contribution is 2.34. The molecule has 1 aliphatic carbocycles. The van der Waals surface area contributed by atoms with E-state index in [1.54, 1.807) is 12.1 Å². The van der Waals surface area contributed by atoms with Gasteiger partial charge in [-0.25, -0.2) is 0 Å². The minimum atomic E-state index is -0.218. The van der Waals surface area contributed by atoms with E-state index in [1.165, 1.54) is 7.11 Å². The largest absolute Gasteiger partial charge is 0.494 e. The van der Waals surface area contributed by atoms with Crippen molar-refractivity contribution in [3.63, 3.8) is 0 Å². The molecule has 2 N–H and O–H groups in total. The van der Waals surface area contributed by atoms with Gasteiger partial charge in [0.25, 0.3) is 5.91 Å². The van der Waals surface area contributed by atoms with Crippen LogP contribution in [0.15, 0.2) is 12.1 Å². The van der Waals surface area contributed by atoms with Crippen molar-refractivity contribution in [1.82, 2.24) is 5.32 Å². The summed E-state index contributed by atoms with van der Waals surface area (Å²) < 4.78 is 5.06. The van der Waals surface area contributed by atoms with Crippen LogP contribution in [0.25, 0.3) is 0 Å². The van der Waals surface area contributed by atoms with Crippen molar-refractivity contribution >= 4 is 29.1 Å². The van der Waals surface area contributed by atoms with E-state index in [-0.39, 0.29) is 18.4 Å². The summed E-state index contributed by atoms with van der Waals surface area (Å²) in [6.07, 6.45) is 3.17. The molecule has 21 heavy (non-hydrogen) atoms. The van der Waals surface area contributed by atoms with Gasteiger partial charge in [0.2, 0.25) is 0 Å². The van der Waals surface area contributed by atoms with Gasteiger partial charge in [-0.3, -0.25) is 4.79 Å². The number of rotatable bonds is 5. The molecule has 0 aromatic heterocycles. The quantitative estimate of drug-likeness (QED) is 0.871. The first-order valence-corrected chi connectivity index (χ1v) is 7.74. The van der Waals surface area contributed by atoms with Crippen LogP contribution in [0.3, 0.4) is 0 Å². The van der Waals surface area contributed by atoms with Crippen molar-refractivity contribution in [2.45, 2.75) is 19.3 Å². The van der Waals surface area contributed by atoms with E-state index >= 15 is 0 Å². The average molecular weight is 332 g/mol. The number of amides is 1. The summed E-state index contributed by atoms with van der Waals surface area (Å²) in [4.78, 5) is 12.2. The lowest BCUT2D eigenvalue weighted by Crippen LogP contribution is -2.31. The van der Waals surface area contributed by atoms with Gasteiger partial charge < -0.3 is 15.2 Å². The maximum absolute atomic E-state index is 12.2. The van der Waals surface area contributed by atoms with Crippen LogP contribution in [0.2, 0.25) is 10.0 Å². The summed E-state index contributed by atoms with van der Waals surface area (Å²) in [5.41, 5.74) is 0.407. The Labute approximate surface area is 134 Å². The zero-order valence-electron chi connectivity index (χ0n) is 11.9. The Hall–Kier alpha value is -0.970. The van der Waals surface area contributed by atoms with E-state index < -0.39 is 0 Å². The van der Waals surface area contributed by atoms with Gasteiger partial charge in [-0.2, -0.15) is 0 Å². The predicted molar refractivity (Wildman–Crippen MR) is 83.3 cm³/mol. The lowest BCUT2D eigenvalue weighted by molar-refractivity contribution is 0.0937. The molecule has 2 atom stereocenters. The maximum atomic E-state index is 12.2. The second-order valence-corrected chi connectivity index (χ2v) is 6.13. The monoisotopic (exact) mass is 331 g/mol. The van der Waals surface area contributed by atoms with Crippen molar-refractivity contribution in [2.24, 2.45) is 11.8 Å². The smallest absolute Gasteiger partial charge is 0.251 e. The van der Waals surface area contributed by atoms with Crippen LogP contribution in [0.4, 0.5) is 0 Å². The number of carbonyl (C=O) groups excluding carboxylic acids is 1. The molecule has 1 aromatic rings. The maximum Gasteiger partial charge on any atom is 0.251 e. The number of aliphatic hydroxyl groups excluding tert-OH is 1. The van der Waals surface area contributed by atoms with Crippen molar-refractivity contribution < 1.29 is 14.6 Å². The Kier molecular flexibility index (Phi) is 5.73. The van der Waals surface area contributed by atoms with Crippen molar-refractivity contribution in [3.8, 4) is 5.75 Å². The van der Waals surface area contributed by atoms with E-state index in [0.29, 0.717) is 33.8 Å². The van der Waals surface area contributed by atoms with Crippen molar-refractivity contribution in [2.75, 3.05) is 20.3 Å². The lowest BCUT2D eigenvalue weighted by Gasteiger charge is -2.18. The molecule has 6 heteroatoms. The standard InChI is InChI=1S/C15H19Cl2NO3/c1-21-14-12(16)5-11(6-13(14)17)15(20)18-7-9-3-2-4-10(9)8-19/h5-6,9-10,19H,2-4,7-8H2,1H3,(H,18,20). The topological polar surface area (TPSA) is 58.6 Å². The number of carbonyl (C=O) groups is 1. The van der Waals surface area contributed by atoms with Crippen LogP contribution in [-0.2, 0) is 0 Å². The molecule has 4 nitrogen and oxygen atoms in total. The molecule has 1 saturated carbocycles. The molecular weight excluding hydrogens is 313 g/mol. The molecule has 0 saturated heterocycles. The van der Waals surface area contributed by atoms with Crippen LogP contribution in [0.1, 0.15) is 29.6 Å². The van der Waals surface area contributed by atoms with Crippen LogP contribution < -0.4 is 10.1 Å². The first-order chi connectivity index (χ1) is 10.1. The molecule has 0 radical (unpaired) electrons. The van der Waals surface area contributed by atoms with Gasteiger partial charge >= 0.3 is 0 Å². The van der Waals surface area contributed by atoms with Gasteiger partial charge in [0, 0.05) is 18.7 Å². The Morgan fingerprint density at radius 3 is 2.52 bits per heavy atom. The van der Waals surface area contributed by atoms with Crippen LogP contribution in [-0.4, -0.2) is 31.3 Å². The fourth-order valence-corrected chi connectivity index (χ4v) is 3.48. The summed E-state index contributed by atoms with van der Waals surface area (Å²) in [5, 5.41) is 12.8. The number of aliphatic hydroxyl groups is 1. The zero-order valence-corrected chi connectivity index (χ0v) is 13.4.